The average molecular weight is 254 g/mol. The van der Waals surface area contributed by atoms with Crippen LogP contribution < -0.4 is 5.73 Å². The lowest BCUT2D eigenvalue weighted by Crippen LogP contribution is -2.43. The fourth-order valence-corrected chi connectivity index (χ4v) is 3.55. The first kappa shape index (κ1) is 14.3. The largest absolute Gasteiger partial charge is 0.381 e. The van der Waals surface area contributed by atoms with Gasteiger partial charge >= 0.3 is 0 Å². The molecule has 0 radical (unpaired) electrons. The first-order chi connectivity index (χ1) is 8.78. The molecule has 2 aliphatic heterocycles. The van der Waals surface area contributed by atoms with Crippen LogP contribution in [0.5, 0.6) is 0 Å². The number of ether oxygens (including phenoxy) is 1. The zero-order chi connectivity index (χ0) is 12.8. The Morgan fingerprint density at radius 1 is 1.33 bits per heavy atom. The van der Waals surface area contributed by atoms with Gasteiger partial charge in [-0.3, -0.25) is 0 Å². The molecule has 2 aliphatic rings. The lowest BCUT2D eigenvalue weighted by Gasteiger charge is -2.32. The normalized spacial score (nSPS) is 34.7. The third-order valence-electron chi connectivity index (χ3n) is 4.81. The molecule has 0 aromatic rings. The maximum Gasteiger partial charge on any atom is 0.0547 e. The molecule has 3 heteroatoms. The topological polar surface area (TPSA) is 38.5 Å². The average Bonchev–Trinajstić information content (AvgIpc) is 2.74. The van der Waals surface area contributed by atoms with Gasteiger partial charge in [0.25, 0.3) is 0 Å². The molecule has 0 bridgehead atoms. The van der Waals surface area contributed by atoms with E-state index >= 15 is 0 Å². The van der Waals surface area contributed by atoms with Gasteiger partial charge in [-0.2, -0.15) is 0 Å². The van der Waals surface area contributed by atoms with Gasteiger partial charge in [-0.05, 0) is 44.7 Å². The van der Waals surface area contributed by atoms with Gasteiger partial charge in [0.15, 0.2) is 0 Å². The van der Waals surface area contributed by atoms with Gasteiger partial charge in [0.2, 0.25) is 0 Å². The molecule has 2 saturated heterocycles. The molecular weight excluding hydrogens is 224 g/mol. The Hall–Kier alpha value is -0.120. The lowest BCUT2D eigenvalue weighted by atomic mass is 9.86. The molecule has 18 heavy (non-hydrogen) atoms. The van der Waals surface area contributed by atoms with Crippen molar-refractivity contribution in [3.8, 4) is 0 Å². The van der Waals surface area contributed by atoms with Crippen molar-refractivity contribution in [3.05, 3.63) is 0 Å². The number of hydrogen-bond acceptors (Lipinski definition) is 3. The van der Waals surface area contributed by atoms with Crippen LogP contribution in [-0.4, -0.2) is 44.3 Å². The second-order valence-electron chi connectivity index (χ2n) is 6.37. The van der Waals surface area contributed by atoms with Crippen molar-refractivity contribution in [3.63, 3.8) is 0 Å². The van der Waals surface area contributed by atoms with E-state index < -0.39 is 0 Å². The van der Waals surface area contributed by atoms with E-state index in [0.717, 1.165) is 38.6 Å². The lowest BCUT2D eigenvalue weighted by molar-refractivity contribution is 0.115. The zero-order valence-corrected chi connectivity index (χ0v) is 12.0. The van der Waals surface area contributed by atoms with Crippen LogP contribution >= 0.6 is 0 Å². The van der Waals surface area contributed by atoms with Gasteiger partial charge < -0.3 is 15.4 Å². The van der Waals surface area contributed by atoms with Crippen LogP contribution in [0.3, 0.4) is 0 Å². The summed E-state index contributed by atoms with van der Waals surface area (Å²) >= 11 is 0. The summed E-state index contributed by atoms with van der Waals surface area (Å²) in [4.78, 5) is 2.65. The molecule has 2 heterocycles. The van der Waals surface area contributed by atoms with Crippen LogP contribution in [0.2, 0.25) is 0 Å². The van der Waals surface area contributed by atoms with Gasteiger partial charge in [0, 0.05) is 25.1 Å². The molecule has 0 spiro atoms. The van der Waals surface area contributed by atoms with Crippen molar-refractivity contribution in [2.45, 2.75) is 45.4 Å². The fourth-order valence-electron chi connectivity index (χ4n) is 3.55. The van der Waals surface area contributed by atoms with Gasteiger partial charge in [0.05, 0.1) is 6.61 Å². The number of rotatable bonds is 5. The summed E-state index contributed by atoms with van der Waals surface area (Å²) in [6.07, 6.45) is 8.08. The number of nitrogens with two attached hydrogens (primary N) is 1. The maximum atomic E-state index is 5.99. The molecule has 2 N–H and O–H groups in total. The molecular formula is C15H30N2O. The van der Waals surface area contributed by atoms with Gasteiger partial charge in [-0.15, -0.1) is 0 Å². The summed E-state index contributed by atoms with van der Waals surface area (Å²) in [5, 5.41) is 0. The minimum Gasteiger partial charge on any atom is -0.381 e. The second-order valence-corrected chi connectivity index (χ2v) is 6.37. The van der Waals surface area contributed by atoms with Crippen molar-refractivity contribution in [2.24, 2.45) is 17.1 Å². The Labute approximate surface area is 112 Å². The highest BCUT2D eigenvalue weighted by molar-refractivity contribution is 4.88. The van der Waals surface area contributed by atoms with E-state index in [1.165, 1.54) is 45.2 Å². The van der Waals surface area contributed by atoms with Crippen LogP contribution in [0.15, 0.2) is 0 Å². The standard InChI is InChI=1S/C15H30N2O/c1-2-4-14-5-3-8-17(9-6-14)12-15(11-16)7-10-18-13-15/h14H,2-13,16H2,1H3. The van der Waals surface area contributed by atoms with E-state index in [9.17, 15) is 0 Å². The molecule has 0 aliphatic carbocycles. The van der Waals surface area contributed by atoms with Crippen molar-refractivity contribution in [2.75, 3.05) is 39.4 Å². The molecule has 2 unspecified atom stereocenters. The molecule has 2 rings (SSSR count). The predicted octanol–water partition coefficient (Wildman–Crippen LogP) is 2.25. The third kappa shape index (κ3) is 3.69. The third-order valence-corrected chi connectivity index (χ3v) is 4.81. The monoisotopic (exact) mass is 254 g/mol. The maximum absolute atomic E-state index is 5.99. The summed E-state index contributed by atoms with van der Waals surface area (Å²) in [5.41, 5.74) is 6.25. The predicted molar refractivity (Wildman–Crippen MR) is 75.6 cm³/mol. The SMILES string of the molecule is CCCC1CCCN(CC2(CN)CCOC2)CC1. The molecule has 3 nitrogen and oxygen atoms in total. The van der Waals surface area contributed by atoms with Crippen molar-refractivity contribution < 1.29 is 4.74 Å². The Morgan fingerprint density at radius 2 is 2.22 bits per heavy atom. The van der Waals surface area contributed by atoms with Crippen molar-refractivity contribution in [1.82, 2.24) is 4.90 Å². The summed E-state index contributed by atoms with van der Waals surface area (Å²) in [6.45, 7) is 8.56. The highest BCUT2D eigenvalue weighted by Crippen LogP contribution is 2.30. The van der Waals surface area contributed by atoms with E-state index in [4.69, 9.17) is 10.5 Å². The quantitative estimate of drug-likeness (QED) is 0.818. The first-order valence-corrected chi connectivity index (χ1v) is 7.78. The van der Waals surface area contributed by atoms with E-state index in [1.807, 2.05) is 0 Å². The smallest absolute Gasteiger partial charge is 0.0547 e. The van der Waals surface area contributed by atoms with Crippen LogP contribution in [0.4, 0.5) is 0 Å². The van der Waals surface area contributed by atoms with E-state index in [-0.39, 0.29) is 5.41 Å². The van der Waals surface area contributed by atoms with Gasteiger partial charge in [0.1, 0.15) is 0 Å². The van der Waals surface area contributed by atoms with Crippen LogP contribution in [0.1, 0.15) is 45.4 Å². The first-order valence-electron chi connectivity index (χ1n) is 7.78. The Kier molecular flexibility index (Phi) is 5.46. The fraction of sp³-hybridized carbons (Fsp3) is 1.00. The summed E-state index contributed by atoms with van der Waals surface area (Å²) < 4.78 is 5.58. The van der Waals surface area contributed by atoms with E-state index in [0.29, 0.717) is 0 Å². The molecule has 106 valence electrons. The summed E-state index contributed by atoms with van der Waals surface area (Å²) in [5.74, 6) is 0.966. The minimum atomic E-state index is 0.255. The molecule has 2 fully saturated rings. The zero-order valence-electron chi connectivity index (χ0n) is 12.0. The highest BCUT2D eigenvalue weighted by Gasteiger charge is 2.35. The molecule has 0 aromatic heterocycles. The van der Waals surface area contributed by atoms with Gasteiger partial charge in [-0.1, -0.05) is 19.8 Å². The van der Waals surface area contributed by atoms with Crippen LogP contribution in [-0.2, 0) is 4.74 Å². The van der Waals surface area contributed by atoms with Gasteiger partial charge in [-0.25, -0.2) is 0 Å². The van der Waals surface area contributed by atoms with Crippen molar-refractivity contribution >= 4 is 0 Å². The van der Waals surface area contributed by atoms with Crippen LogP contribution in [0.25, 0.3) is 0 Å². The number of nitrogens with zero attached hydrogens (tertiary/aromatic N) is 1. The molecule has 0 aromatic carbocycles. The number of likely N-dealkylation sites (tertiary alicyclic amines) is 1. The highest BCUT2D eigenvalue weighted by atomic mass is 16.5. The molecule has 0 saturated carbocycles. The van der Waals surface area contributed by atoms with Crippen LogP contribution in [0, 0.1) is 11.3 Å². The van der Waals surface area contributed by atoms with E-state index in [1.54, 1.807) is 0 Å². The Morgan fingerprint density at radius 3 is 2.89 bits per heavy atom. The minimum absolute atomic E-state index is 0.255. The Balaban J connectivity index is 1.82. The van der Waals surface area contributed by atoms with E-state index in [2.05, 4.69) is 11.8 Å². The molecule has 0 amide bonds. The number of hydrogen-bond donors (Lipinski definition) is 1. The summed E-state index contributed by atoms with van der Waals surface area (Å²) in [7, 11) is 0. The summed E-state index contributed by atoms with van der Waals surface area (Å²) in [6, 6.07) is 0. The molecule has 2 atom stereocenters. The second kappa shape index (κ2) is 6.88. The Bertz CT molecular complexity index is 239. The van der Waals surface area contributed by atoms with Crippen molar-refractivity contribution in [1.29, 1.82) is 0 Å².